The highest BCUT2D eigenvalue weighted by Gasteiger charge is 2.26. The van der Waals surface area contributed by atoms with Crippen LogP contribution in [0.4, 0.5) is 10.1 Å². The number of carbonyl (C=O) groups excluding carboxylic acids is 2. The van der Waals surface area contributed by atoms with Crippen molar-refractivity contribution in [3.63, 3.8) is 0 Å². The first-order valence-electron chi connectivity index (χ1n) is 10.8. The normalized spacial score (nSPS) is 18.7. The van der Waals surface area contributed by atoms with Gasteiger partial charge < -0.3 is 14.8 Å². The maximum atomic E-state index is 13.4. The summed E-state index contributed by atoms with van der Waals surface area (Å²) in [7, 11) is 0. The minimum atomic E-state index is -0.405. The first kappa shape index (κ1) is 22.3. The molecule has 0 bridgehead atoms. The summed E-state index contributed by atoms with van der Waals surface area (Å²) in [5.41, 5.74) is 2.06. The molecule has 2 heterocycles. The quantitative estimate of drug-likeness (QED) is 0.560. The number of nitrogens with zero attached hydrogens (tertiary/aromatic N) is 3. The number of hydrogen-bond acceptors (Lipinski definition) is 4. The number of imidazole rings is 1. The number of hydrogen-bond donors (Lipinski definition) is 1. The number of amides is 2. The van der Waals surface area contributed by atoms with Crippen LogP contribution in [0.5, 0.6) is 0 Å². The highest BCUT2D eigenvalue weighted by molar-refractivity contribution is 7.99. The fourth-order valence-electron chi connectivity index (χ4n) is 4.31. The van der Waals surface area contributed by atoms with Gasteiger partial charge in [0.2, 0.25) is 11.8 Å². The van der Waals surface area contributed by atoms with Crippen LogP contribution in [-0.2, 0) is 16.1 Å². The largest absolute Gasteiger partial charge is 0.341 e. The van der Waals surface area contributed by atoms with Gasteiger partial charge in [-0.25, -0.2) is 9.37 Å². The van der Waals surface area contributed by atoms with Crippen molar-refractivity contribution >= 4 is 40.3 Å². The molecular formula is C24H27FN4O2S. The molecule has 4 rings (SSSR count). The minimum absolute atomic E-state index is 0.0672. The second kappa shape index (κ2) is 9.73. The molecule has 0 radical (unpaired) electrons. The highest BCUT2D eigenvalue weighted by Crippen LogP contribution is 2.26. The molecule has 6 nitrogen and oxygen atoms in total. The van der Waals surface area contributed by atoms with Crippen LogP contribution in [0.1, 0.15) is 20.3 Å². The molecule has 8 heteroatoms. The Kier molecular flexibility index (Phi) is 6.79. The van der Waals surface area contributed by atoms with Gasteiger partial charge in [-0.3, -0.25) is 9.59 Å². The average molecular weight is 455 g/mol. The van der Waals surface area contributed by atoms with Crippen molar-refractivity contribution < 1.29 is 14.0 Å². The smallest absolute Gasteiger partial charge is 0.242 e. The molecular weight excluding hydrogens is 427 g/mol. The lowest BCUT2D eigenvalue weighted by molar-refractivity contribution is -0.134. The van der Waals surface area contributed by atoms with Gasteiger partial charge in [-0.1, -0.05) is 43.8 Å². The standard InChI is InChI=1S/C24H27FN4O2S/c1-16-10-17(2)13-28(12-16)23(31)14-29-21-9-4-3-8-20(21)27-24(29)32-15-22(30)26-19-7-5-6-18(25)11-19/h3-9,11,16-17H,10,12-15H2,1-2H3,(H,26,30). The Hall–Kier alpha value is -2.87. The molecule has 2 amide bonds. The first-order valence-corrected chi connectivity index (χ1v) is 11.8. The summed E-state index contributed by atoms with van der Waals surface area (Å²) in [6.45, 7) is 6.10. The second-order valence-corrected chi connectivity index (χ2v) is 9.50. The summed E-state index contributed by atoms with van der Waals surface area (Å²) < 4.78 is 15.2. The predicted octanol–water partition coefficient (Wildman–Crippen LogP) is 4.41. The van der Waals surface area contributed by atoms with E-state index in [9.17, 15) is 14.0 Å². The zero-order valence-corrected chi connectivity index (χ0v) is 19.1. The number of aromatic nitrogens is 2. The third kappa shape index (κ3) is 5.30. The van der Waals surface area contributed by atoms with Gasteiger partial charge in [0, 0.05) is 18.8 Å². The van der Waals surface area contributed by atoms with Crippen molar-refractivity contribution in [3.05, 3.63) is 54.3 Å². The number of para-hydroxylation sites is 2. The maximum Gasteiger partial charge on any atom is 0.242 e. The first-order chi connectivity index (χ1) is 15.4. The number of likely N-dealkylation sites (tertiary alicyclic amines) is 1. The lowest BCUT2D eigenvalue weighted by atomic mass is 9.92. The number of carbonyl (C=O) groups is 2. The number of halogens is 1. The Morgan fingerprint density at radius 2 is 1.88 bits per heavy atom. The van der Waals surface area contributed by atoms with E-state index in [1.165, 1.54) is 23.9 Å². The third-order valence-electron chi connectivity index (χ3n) is 5.58. The molecule has 1 aliphatic heterocycles. The molecule has 3 aromatic rings. The molecule has 1 aliphatic rings. The molecule has 0 saturated carbocycles. The van der Waals surface area contributed by atoms with Crippen molar-refractivity contribution in [2.45, 2.75) is 32.0 Å². The topological polar surface area (TPSA) is 67.2 Å². The molecule has 1 fully saturated rings. The zero-order valence-electron chi connectivity index (χ0n) is 18.3. The number of benzene rings is 2. The van der Waals surface area contributed by atoms with Gasteiger partial charge in [0.25, 0.3) is 0 Å². The molecule has 2 unspecified atom stereocenters. The summed E-state index contributed by atoms with van der Waals surface area (Å²) in [6.07, 6.45) is 1.14. The van der Waals surface area contributed by atoms with Crippen molar-refractivity contribution in [2.24, 2.45) is 11.8 Å². The van der Waals surface area contributed by atoms with Gasteiger partial charge in [0.15, 0.2) is 5.16 Å². The molecule has 168 valence electrons. The van der Waals surface area contributed by atoms with Gasteiger partial charge in [-0.15, -0.1) is 0 Å². The third-order valence-corrected chi connectivity index (χ3v) is 6.55. The zero-order chi connectivity index (χ0) is 22.7. The van der Waals surface area contributed by atoms with E-state index < -0.39 is 5.82 Å². The summed E-state index contributed by atoms with van der Waals surface area (Å²) in [5, 5.41) is 3.31. The van der Waals surface area contributed by atoms with E-state index in [-0.39, 0.29) is 24.1 Å². The van der Waals surface area contributed by atoms with Crippen LogP contribution in [0.2, 0.25) is 0 Å². The van der Waals surface area contributed by atoms with Gasteiger partial charge in [-0.2, -0.15) is 0 Å². The molecule has 2 atom stereocenters. The van der Waals surface area contributed by atoms with Crippen LogP contribution in [0.15, 0.2) is 53.7 Å². The number of nitrogens with one attached hydrogen (secondary N) is 1. The van der Waals surface area contributed by atoms with Crippen molar-refractivity contribution in [3.8, 4) is 0 Å². The van der Waals surface area contributed by atoms with E-state index in [4.69, 9.17) is 0 Å². The van der Waals surface area contributed by atoms with E-state index in [1.807, 2.05) is 33.7 Å². The summed E-state index contributed by atoms with van der Waals surface area (Å²) in [4.78, 5) is 32.1. The molecule has 2 aromatic carbocycles. The monoisotopic (exact) mass is 454 g/mol. The number of rotatable bonds is 6. The van der Waals surface area contributed by atoms with Crippen molar-refractivity contribution in [1.82, 2.24) is 14.5 Å². The number of thioether (sulfide) groups is 1. The lowest BCUT2D eigenvalue weighted by Crippen LogP contribution is -2.44. The predicted molar refractivity (Wildman–Crippen MR) is 125 cm³/mol. The molecule has 0 aliphatic carbocycles. The molecule has 1 saturated heterocycles. The van der Waals surface area contributed by atoms with E-state index in [0.29, 0.717) is 22.7 Å². The molecule has 32 heavy (non-hydrogen) atoms. The van der Waals surface area contributed by atoms with E-state index in [2.05, 4.69) is 24.1 Å². The van der Waals surface area contributed by atoms with Gasteiger partial charge in [0.05, 0.1) is 16.8 Å². The van der Waals surface area contributed by atoms with E-state index >= 15 is 0 Å². The SMILES string of the molecule is CC1CC(C)CN(C(=O)Cn2c(SCC(=O)Nc3cccc(F)c3)nc3ccccc32)C1. The summed E-state index contributed by atoms with van der Waals surface area (Å²) in [5.74, 6) is 0.482. The molecule has 1 N–H and O–H groups in total. The van der Waals surface area contributed by atoms with Crippen LogP contribution in [-0.4, -0.2) is 45.1 Å². The van der Waals surface area contributed by atoms with Crippen LogP contribution in [0.3, 0.4) is 0 Å². The highest BCUT2D eigenvalue weighted by atomic mass is 32.2. The second-order valence-electron chi connectivity index (χ2n) is 8.56. The van der Waals surface area contributed by atoms with Crippen molar-refractivity contribution in [1.29, 1.82) is 0 Å². The van der Waals surface area contributed by atoms with Gasteiger partial charge in [0.1, 0.15) is 12.4 Å². The van der Waals surface area contributed by atoms with Crippen LogP contribution < -0.4 is 5.32 Å². The Labute approximate surface area is 191 Å². The molecule has 0 spiro atoms. The minimum Gasteiger partial charge on any atom is -0.341 e. The number of piperidine rings is 1. The summed E-state index contributed by atoms with van der Waals surface area (Å²) >= 11 is 1.27. The van der Waals surface area contributed by atoms with Crippen LogP contribution >= 0.6 is 11.8 Å². The Bertz CT molecular complexity index is 1120. The Balaban J connectivity index is 1.49. The Morgan fingerprint density at radius 1 is 1.12 bits per heavy atom. The van der Waals surface area contributed by atoms with E-state index in [1.54, 1.807) is 12.1 Å². The fraction of sp³-hybridized carbons (Fsp3) is 0.375. The maximum absolute atomic E-state index is 13.4. The number of fused-ring (bicyclic) bond motifs is 1. The van der Waals surface area contributed by atoms with Crippen LogP contribution in [0.25, 0.3) is 11.0 Å². The average Bonchev–Trinajstić information content (AvgIpc) is 3.09. The summed E-state index contributed by atoms with van der Waals surface area (Å²) in [6, 6.07) is 13.4. The number of anilines is 1. The Morgan fingerprint density at radius 3 is 2.62 bits per heavy atom. The fourth-order valence-corrected chi connectivity index (χ4v) is 5.13. The molecule has 1 aromatic heterocycles. The van der Waals surface area contributed by atoms with Gasteiger partial charge >= 0.3 is 0 Å². The van der Waals surface area contributed by atoms with Gasteiger partial charge in [-0.05, 0) is 48.6 Å². The van der Waals surface area contributed by atoms with Crippen molar-refractivity contribution in [2.75, 3.05) is 24.2 Å². The van der Waals surface area contributed by atoms with Crippen LogP contribution in [0, 0.1) is 17.7 Å². The van der Waals surface area contributed by atoms with E-state index in [0.717, 1.165) is 30.5 Å². The lowest BCUT2D eigenvalue weighted by Gasteiger charge is -2.35.